The van der Waals surface area contributed by atoms with Crippen LogP contribution in [0.15, 0.2) is 24.3 Å². The third kappa shape index (κ3) is 3.28. The normalized spacial score (nSPS) is 20.1. The Morgan fingerprint density at radius 3 is 3.00 bits per heavy atom. The van der Waals surface area contributed by atoms with Gasteiger partial charge in [-0.15, -0.1) is 0 Å². The van der Waals surface area contributed by atoms with Crippen LogP contribution in [0.4, 0.5) is 0 Å². The molecule has 1 saturated heterocycles. The second kappa shape index (κ2) is 6.40. The topological polar surface area (TPSA) is 73.6 Å². The molecular weight excluding hydrogens is 256 g/mol. The van der Waals surface area contributed by atoms with Crippen molar-refractivity contribution in [3.8, 4) is 11.8 Å². The van der Waals surface area contributed by atoms with Gasteiger partial charge < -0.3 is 14.7 Å². The van der Waals surface area contributed by atoms with Gasteiger partial charge >= 0.3 is 0 Å². The Bertz CT molecular complexity index is 524. The van der Waals surface area contributed by atoms with Crippen LogP contribution in [0.2, 0.25) is 0 Å². The molecule has 1 amide bonds. The summed E-state index contributed by atoms with van der Waals surface area (Å²) < 4.78 is 5.59. The third-order valence-electron chi connectivity index (χ3n) is 3.37. The fourth-order valence-corrected chi connectivity index (χ4v) is 2.31. The highest BCUT2D eigenvalue weighted by Gasteiger charge is 2.27. The molecule has 2 atom stereocenters. The molecule has 5 heteroatoms. The summed E-state index contributed by atoms with van der Waals surface area (Å²) in [5, 5.41) is 18.6. The Morgan fingerprint density at radius 2 is 2.30 bits per heavy atom. The zero-order chi connectivity index (χ0) is 14.5. The number of hydrogen-bond acceptors (Lipinski definition) is 4. The number of likely N-dealkylation sites (tertiary alicyclic amines) is 1. The lowest BCUT2D eigenvalue weighted by Crippen LogP contribution is -2.47. The maximum atomic E-state index is 12.3. The number of nitriles is 1. The number of rotatable bonds is 3. The van der Waals surface area contributed by atoms with Crippen LogP contribution in [0.3, 0.4) is 0 Å². The van der Waals surface area contributed by atoms with Gasteiger partial charge in [0.05, 0.1) is 11.7 Å². The Morgan fingerprint density at radius 1 is 1.55 bits per heavy atom. The molecule has 0 bridgehead atoms. The van der Waals surface area contributed by atoms with Crippen molar-refractivity contribution in [2.45, 2.75) is 32.0 Å². The molecule has 1 heterocycles. The van der Waals surface area contributed by atoms with E-state index >= 15 is 0 Å². The van der Waals surface area contributed by atoms with Crippen LogP contribution >= 0.6 is 0 Å². The molecule has 20 heavy (non-hydrogen) atoms. The highest BCUT2D eigenvalue weighted by Crippen LogP contribution is 2.19. The highest BCUT2D eigenvalue weighted by molar-refractivity contribution is 5.81. The molecule has 0 aromatic heterocycles. The Balaban J connectivity index is 2.02. The molecule has 1 aliphatic heterocycles. The van der Waals surface area contributed by atoms with Crippen molar-refractivity contribution >= 4 is 5.91 Å². The van der Waals surface area contributed by atoms with Gasteiger partial charge in [-0.25, -0.2) is 0 Å². The van der Waals surface area contributed by atoms with Gasteiger partial charge in [0.1, 0.15) is 11.8 Å². The lowest BCUT2D eigenvalue weighted by molar-refractivity contribution is -0.141. The van der Waals surface area contributed by atoms with E-state index in [1.807, 2.05) is 6.07 Å². The molecule has 1 aliphatic rings. The van der Waals surface area contributed by atoms with E-state index in [1.54, 1.807) is 36.1 Å². The van der Waals surface area contributed by atoms with E-state index in [0.29, 0.717) is 24.4 Å². The number of aliphatic hydroxyl groups is 1. The summed E-state index contributed by atoms with van der Waals surface area (Å²) in [5.41, 5.74) is 0.408. The van der Waals surface area contributed by atoms with Gasteiger partial charge in [-0.1, -0.05) is 12.1 Å². The first kappa shape index (κ1) is 14.4. The molecule has 2 rings (SSSR count). The number of nitrogens with zero attached hydrogens (tertiary/aromatic N) is 2. The molecule has 1 N–H and O–H groups in total. The van der Waals surface area contributed by atoms with Crippen LogP contribution < -0.4 is 4.74 Å². The fraction of sp³-hybridized carbons (Fsp3) is 0.467. The zero-order valence-electron chi connectivity index (χ0n) is 11.5. The molecule has 1 fully saturated rings. The molecule has 2 unspecified atom stereocenters. The van der Waals surface area contributed by atoms with Crippen LogP contribution in [0, 0.1) is 11.3 Å². The number of piperidine rings is 1. The van der Waals surface area contributed by atoms with Crippen LogP contribution in [0.1, 0.15) is 25.3 Å². The van der Waals surface area contributed by atoms with E-state index in [2.05, 4.69) is 0 Å². The summed E-state index contributed by atoms with van der Waals surface area (Å²) in [4.78, 5) is 13.9. The fourth-order valence-electron chi connectivity index (χ4n) is 2.31. The maximum Gasteiger partial charge on any atom is 0.263 e. The number of amides is 1. The minimum absolute atomic E-state index is 0.156. The van der Waals surface area contributed by atoms with Gasteiger partial charge in [-0.3, -0.25) is 4.79 Å². The van der Waals surface area contributed by atoms with E-state index in [-0.39, 0.29) is 5.91 Å². The molecule has 0 spiro atoms. The summed E-state index contributed by atoms with van der Waals surface area (Å²) in [7, 11) is 0. The smallest absolute Gasteiger partial charge is 0.263 e. The number of aliphatic hydroxyl groups excluding tert-OH is 1. The predicted octanol–water partition coefficient (Wildman–Crippen LogP) is 1.31. The van der Waals surface area contributed by atoms with Crippen molar-refractivity contribution in [3.63, 3.8) is 0 Å². The largest absolute Gasteiger partial charge is 0.480 e. The maximum absolute atomic E-state index is 12.3. The molecule has 106 valence electrons. The lowest BCUT2D eigenvalue weighted by Gasteiger charge is -2.32. The Hall–Kier alpha value is -2.06. The number of ether oxygens (including phenoxy) is 1. The number of para-hydroxylation sites is 1. The van der Waals surface area contributed by atoms with Crippen molar-refractivity contribution in [2.75, 3.05) is 13.1 Å². The van der Waals surface area contributed by atoms with Crippen LogP contribution in [0.5, 0.6) is 5.75 Å². The molecule has 0 saturated carbocycles. The first-order chi connectivity index (χ1) is 9.61. The first-order valence-electron chi connectivity index (χ1n) is 6.74. The second-order valence-corrected chi connectivity index (χ2v) is 4.95. The number of benzene rings is 1. The van der Waals surface area contributed by atoms with Gasteiger partial charge in [0.25, 0.3) is 5.91 Å². The Labute approximate surface area is 118 Å². The van der Waals surface area contributed by atoms with E-state index in [1.165, 1.54) is 0 Å². The van der Waals surface area contributed by atoms with Crippen molar-refractivity contribution in [3.05, 3.63) is 29.8 Å². The first-order valence-corrected chi connectivity index (χ1v) is 6.74. The molecular formula is C15H18N2O3. The SMILES string of the molecule is CC(Oc1ccccc1C#N)C(=O)N1CCCC(O)C1. The summed E-state index contributed by atoms with van der Waals surface area (Å²) in [6, 6.07) is 8.87. The molecule has 5 nitrogen and oxygen atoms in total. The molecule has 1 aromatic rings. The third-order valence-corrected chi connectivity index (χ3v) is 3.37. The molecule has 0 aliphatic carbocycles. The van der Waals surface area contributed by atoms with Crippen molar-refractivity contribution in [2.24, 2.45) is 0 Å². The average Bonchev–Trinajstić information content (AvgIpc) is 2.47. The minimum atomic E-state index is -0.671. The quantitative estimate of drug-likeness (QED) is 0.902. The van der Waals surface area contributed by atoms with Gasteiger partial charge in [0, 0.05) is 13.1 Å². The number of hydrogen-bond donors (Lipinski definition) is 1. The number of carbonyl (C=O) groups excluding carboxylic acids is 1. The summed E-state index contributed by atoms with van der Waals surface area (Å²) in [5.74, 6) is 0.255. The highest BCUT2D eigenvalue weighted by atomic mass is 16.5. The van der Waals surface area contributed by atoms with Gasteiger partial charge in [-0.05, 0) is 31.9 Å². The zero-order valence-corrected chi connectivity index (χ0v) is 11.5. The number of carbonyl (C=O) groups is 1. The standard InChI is InChI=1S/C15H18N2O3/c1-11(15(19)17-8-4-6-13(18)10-17)20-14-7-3-2-5-12(14)9-16/h2-3,5,7,11,13,18H,4,6,8,10H2,1H3. The van der Waals surface area contributed by atoms with E-state index in [0.717, 1.165) is 12.8 Å². The lowest BCUT2D eigenvalue weighted by atomic mass is 10.1. The minimum Gasteiger partial charge on any atom is -0.480 e. The summed E-state index contributed by atoms with van der Waals surface area (Å²) >= 11 is 0. The van der Waals surface area contributed by atoms with Crippen LogP contribution in [-0.2, 0) is 4.79 Å². The molecule has 1 aromatic carbocycles. The van der Waals surface area contributed by atoms with Crippen molar-refractivity contribution < 1.29 is 14.6 Å². The van der Waals surface area contributed by atoms with Crippen LogP contribution in [-0.4, -0.2) is 41.2 Å². The van der Waals surface area contributed by atoms with E-state index < -0.39 is 12.2 Å². The average molecular weight is 274 g/mol. The van der Waals surface area contributed by atoms with Gasteiger partial charge in [0.2, 0.25) is 0 Å². The van der Waals surface area contributed by atoms with E-state index in [9.17, 15) is 9.90 Å². The van der Waals surface area contributed by atoms with Gasteiger partial charge in [0.15, 0.2) is 6.10 Å². The monoisotopic (exact) mass is 274 g/mol. The molecule has 0 radical (unpaired) electrons. The summed E-state index contributed by atoms with van der Waals surface area (Å²) in [6.07, 6.45) is 0.408. The Kier molecular flexibility index (Phi) is 4.59. The van der Waals surface area contributed by atoms with Crippen LogP contribution in [0.25, 0.3) is 0 Å². The van der Waals surface area contributed by atoms with E-state index in [4.69, 9.17) is 10.00 Å². The van der Waals surface area contributed by atoms with Gasteiger partial charge in [-0.2, -0.15) is 5.26 Å². The van der Waals surface area contributed by atoms with Crippen molar-refractivity contribution in [1.29, 1.82) is 5.26 Å². The van der Waals surface area contributed by atoms with Crippen molar-refractivity contribution in [1.82, 2.24) is 4.90 Å². The summed E-state index contributed by atoms with van der Waals surface area (Å²) in [6.45, 7) is 2.66. The second-order valence-electron chi connectivity index (χ2n) is 4.95. The predicted molar refractivity (Wildman–Crippen MR) is 73.1 cm³/mol. The number of β-amino-alcohol motifs (C(OH)–C–C–N with tert-alkyl or cyclic N) is 1.